The van der Waals surface area contributed by atoms with Crippen molar-refractivity contribution in [2.45, 2.75) is 13.5 Å². The van der Waals surface area contributed by atoms with Gasteiger partial charge < -0.3 is 5.73 Å². The summed E-state index contributed by atoms with van der Waals surface area (Å²) in [5, 5.41) is 3.23. The van der Waals surface area contributed by atoms with Crippen molar-refractivity contribution in [3.05, 3.63) is 38.9 Å². The molecule has 0 saturated heterocycles. The van der Waals surface area contributed by atoms with Gasteiger partial charge in [0.15, 0.2) is 0 Å². The minimum atomic E-state index is -0.272. The Hall–Kier alpha value is -2.04. The molecular weight excluding hydrogens is 194 g/mol. The third kappa shape index (κ3) is 1.41. The Morgan fingerprint density at radius 2 is 2.07 bits per heavy atom. The smallest absolute Gasteiger partial charge is 0.273 e. The van der Waals surface area contributed by atoms with Crippen molar-refractivity contribution < 1.29 is 0 Å². The first-order valence-electron chi connectivity index (χ1n) is 4.66. The summed E-state index contributed by atoms with van der Waals surface area (Å²) in [4.78, 5) is 23.4. The number of nitrogens with two attached hydrogens (primary N) is 1. The summed E-state index contributed by atoms with van der Waals surface area (Å²) in [6, 6.07) is 4.69. The fourth-order valence-electron chi connectivity index (χ4n) is 1.54. The van der Waals surface area contributed by atoms with E-state index in [1.807, 2.05) is 0 Å². The standard InChI is InChI=1S/C10H11N3O2/c1-2-13-10(15)8-5-6(11)3-4-7(8)9(14)12-13/h3-5H,2,11H2,1H3,(H,12,14). The molecule has 0 saturated carbocycles. The molecule has 5 nitrogen and oxygen atoms in total. The van der Waals surface area contributed by atoms with Crippen LogP contribution in [0.4, 0.5) is 5.69 Å². The first kappa shape index (κ1) is 9.51. The molecule has 1 heterocycles. The number of nitrogens with one attached hydrogen (secondary N) is 1. The lowest BCUT2D eigenvalue weighted by Gasteiger charge is -2.03. The molecule has 0 atom stereocenters. The van der Waals surface area contributed by atoms with Gasteiger partial charge in [-0.25, -0.2) is 4.68 Å². The van der Waals surface area contributed by atoms with Gasteiger partial charge in [0.1, 0.15) is 0 Å². The molecule has 2 aromatic rings. The summed E-state index contributed by atoms with van der Waals surface area (Å²) in [5.74, 6) is 0. The minimum Gasteiger partial charge on any atom is -0.399 e. The number of nitrogens with zero attached hydrogens (tertiary/aromatic N) is 1. The van der Waals surface area contributed by atoms with Crippen molar-refractivity contribution in [1.29, 1.82) is 0 Å². The average Bonchev–Trinajstić information content (AvgIpc) is 2.23. The molecule has 0 bridgehead atoms. The molecule has 5 heteroatoms. The highest BCUT2D eigenvalue weighted by Crippen LogP contribution is 2.09. The van der Waals surface area contributed by atoms with E-state index in [1.165, 1.54) is 10.7 Å². The first-order valence-corrected chi connectivity index (χ1v) is 4.66. The second-order valence-corrected chi connectivity index (χ2v) is 3.30. The van der Waals surface area contributed by atoms with Crippen LogP contribution >= 0.6 is 0 Å². The molecule has 0 aliphatic carbocycles. The Morgan fingerprint density at radius 1 is 1.33 bits per heavy atom. The Labute approximate surface area is 85.1 Å². The zero-order valence-electron chi connectivity index (χ0n) is 8.28. The van der Waals surface area contributed by atoms with Crippen molar-refractivity contribution in [3.8, 4) is 0 Å². The fourth-order valence-corrected chi connectivity index (χ4v) is 1.54. The second-order valence-electron chi connectivity index (χ2n) is 3.30. The van der Waals surface area contributed by atoms with Crippen molar-refractivity contribution in [1.82, 2.24) is 9.78 Å². The summed E-state index contributed by atoms with van der Waals surface area (Å²) >= 11 is 0. The van der Waals surface area contributed by atoms with Crippen LogP contribution in [0.2, 0.25) is 0 Å². The van der Waals surface area contributed by atoms with Gasteiger partial charge in [-0.05, 0) is 25.1 Å². The highest BCUT2D eigenvalue weighted by atomic mass is 16.2. The van der Waals surface area contributed by atoms with E-state index in [4.69, 9.17) is 5.73 Å². The van der Waals surface area contributed by atoms with Crippen LogP contribution in [0.25, 0.3) is 10.8 Å². The normalized spacial score (nSPS) is 10.7. The van der Waals surface area contributed by atoms with Crippen LogP contribution in [0.5, 0.6) is 0 Å². The van der Waals surface area contributed by atoms with Gasteiger partial charge >= 0.3 is 0 Å². The molecule has 78 valence electrons. The summed E-state index contributed by atoms with van der Waals surface area (Å²) in [6.45, 7) is 2.22. The molecule has 15 heavy (non-hydrogen) atoms. The number of rotatable bonds is 1. The number of benzene rings is 1. The highest BCUT2D eigenvalue weighted by molar-refractivity contribution is 5.83. The lowest BCUT2D eigenvalue weighted by molar-refractivity contribution is 0.614. The number of aromatic amines is 1. The number of hydrogen-bond acceptors (Lipinski definition) is 3. The van der Waals surface area contributed by atoms with E-state index in [-0.39, 0.29) is 11.1 Å². The zero-order valence-corrected chi connectivity index (χ0v) is 8.28. The van der Waals surface area contributed by atoms with Crippen LogP contribution in [0.3, 0.4) is 0 Å². The van der Waals surface area contributed by atoms with Gasteiger partial charge in [0.05, 0.1) is 10.8 Å². The number of anilines is 1. The number of aryl methyl sites for hydroxylation is 1. The van der Waals surface area contributed by atoms with Crippen LogP contribution in [-0.2, 0) is 6.54 Å². The van der Waals surface area contributed by atoms with Crippen molar-refractivity contribution >= 4 is 16.5 Å². The summed E-state index contributed by atoms with van der Waals surface area (Å²) in [5.41, 5.74) is 5.56. The Kier molecular flexibility index (Phi) is 2.07. The predicted molar refractivity (Wildman–Crippen MR) is 58.9 cm³/mol. The van der Waals surface area contributed by atoms with Crippen molar-refractivity contribution in [2.24, 2.45) is 0 Å². The van der Waals surface area contributed by atoms with Gasteiger partial charge in [-0.2, -0.15) is 0 Å². The van der Waals surface area contributed by atoms with Crippen molar-refractivity contribution in [2.75, 3.05) is 5.73 Å². The van der Waals surface area contributed by atoms with Crippen LogP contribution in [0.1, 0.15) is 6.92 Å². The SMILES string of the molecule is CCn1[nH]c(=O)c2ccc(N)cc2c1=O. The molecule has 0 unspecified atom stereocenters. The van der Waals surface area contributed by atoms with Gasteiger partial charge in [-0.1, -0.05) is 0 Å². The first-order chi connectivity index (χ1) is 7.13. The quantitative estimate of drug-likeness (QED) is 0.656. The Balaban J connectivity index is 3.01. The van der Waals surface area contributed by atoms with E-state index in [2.05, 4.69) is 5.10 Å². The predicted octanol–water partition coefficient (Wildman–Crippen LogP) is 0.292. The summed E-state index contributed by atoms with van der Waals surface area (Å²) in [6.07, 6.45) is 0. The van der Waals surface area contributed by atoms with E-state index in [0.29, 0.717) is 23.0 Å². The molecule has 0 amide bonds. The van der Waals surface area contributed by atoms with E-state index < -0.39 is 0 Å². The molecule has 0 aliphatic heterocycles. The van der Waals surface area contributed by atoms with Gasteiger partial charge in [0.2, 0.25) is 0 Å². The van der Waals surface area contributed by atoms with Gasteiger partial charge in [-0.3, -0.25) is 14.7 Å². The van der Waals surface area contributed by atoms with E-state index >= 15 is 0 Å². The largest absolute Gasteiger partial charge is 0.399 e. The molecule has 0 spiro atoms. The van der Waals surface area contributed by atoms with Crippen molar-refractivity contribution in [3.63, 3.8) is 0 Å². The maximum Gasteiger partial charge on any atom is 0.273 e. The topological polar surface area (TPSA) is 80.9 Å². The molecule has 0 aliphatic rings. The number of H-pyrrole nitrogens is 1. The number of fused-ring (bicyclic) bond motifs is 1. The molecule has 1 aromatic carbocycles. The van der Waals surface area contributed by atoms with Gasteiger partial charge in [0.25, 0.3) is 11.1 Å². The van der Waals surface area contributed by atoms with E-state index in [0.717, 1.165) is 0 Å². The third-order valence-corrected chi connectivity index (χ3v) is 2.32. The molecule has 1 aromatic heterocycles. The maximum absolute atomic E-state index is 11.8. The number of hydrogen-bond donors (Lipinski definition) is 2. The second kappa shape index (κ2) is 3.27. The van der Waals surface area contributed by atoms with Crippen LogP contribution in [-0.4, -0.2) is 9.78 Å². The molecule has 3 N–H and O–H groups in total. The summed E-state index contributed by atoms with van der Waals surface area (Å²) in [7, 11) is 0. The van der Waals surface area contributed by atoms with Crippen LogP contribution < -0.4 is 16.9 Å². The summed E-state index contributed by atoms with van der Waals surface area (Å²) < 4.78 is 1.27. The Morgan fingerprint density at radius 3 is 2.73 bits per heavy atom. The van der Waals surface area contributed by atoms with Gasteiger partial charge in [0, 0.05) is 12.2 Å². The number of nitrogen functional groups attached to an aromatic ring is 1. The Bertz CT molecular complexity index is 625. The lowest BCUT2D eigenvalue weighted by Crippen LogP contribution is -2.29. The van der Waals surface area contributed by atoms with Crippen LogP contribution in [0.15, 0.2) is 27.8 Å². The third-order valence-electron chi connectivity index (χ3n) is 2.32. The maximum atomic E-state index is 11.8. The molecule has 2 rings (SSSR count). The lowest BCUT2D eigenvalue weighted by atomic mass is 10.2. The number of aromatic nitrogens is 2. The molecule has 0 fully saturated rings. The fraction of sp³-hybridized carbons (Fsp3) is 0.200. The van der Waals surface area contributed by atoms with Crippen LogP contribution in [0, 0.1) is 0 Å². The molecule has 0 radical (unpaired) electrons. The van der Waals surface area contributed by atoms with Gasteiger partial charge in [-0.15, -0.1) is 0 Å². The highest BCUT2D eigenvalue weighted by Gasteiger charge is 2.05. The monoisotopic (exact) mass is 205 g/mol. The van der Waals surface area contributed by atoms with E-state index in [9.17, 15) is 9.59 Å². The minimum absolute atomic E-state index is 0.223. The molecular formula is C10H11N3O2. The van der Waals surface area contributed by atoms with E-state index in [1.54, 1.807) is 19.1 Å². The zero-order chi connectivity index (χ0) is 11.0. The average molecular weight is 205 g/mol.